The van der Waals surface area contributed by atoms with E-state index in [9.17, 15) is 9.59 Å². The first-order valence-electron chi connectivity index (χ1n) is 4.69. The summed E-state index contributed by atoms with van der Waals surface area (Å²) in [5.41, 5.74) is 0.758. The maximum Gasteiger partial charge on any atom is 0.350 e. The van der Waals surface area contributed by atoms with Crippen molar-refractivity contribution in [1.82, 2.24) is 10.2 Å². The highest BCUT2D eigenvalue weighted by atomic mass is 32.1. The molecule has 0 atom stereocenters. The van der Waals surface area contributed by atoms with Crippen LogP contribution in [0.4, 0.5) is 5.69 Å². The Morgan fingerprint density at radius 1 is 1.47 bits per heavy atom. The van der Waals surface area contributed by atoms with Gasteiger partial charge in [-0.1, -0.05) is 0 Å². The van der Waals surface area contributed by atoms with E-state index in [4.69, 9.17) is 0 Å². The lowest BCUT2D eigenvalue weighted by atomic mass is 10.3. The number of aromatic amines is 1. The van der Waals surface area contributed by atoms with Crippen LogP contribution in [0.3, 0.4) is 0 Å². The molecule has 0 spiro atoms. The fourth-order valence-corrected chi connectivity index (χ4v) is 2.00. The monoisotopic (exact) mass is 251 g/mol. The molecule has 2 rings (SSSR count). The Kier molecular flexibility index (Phi) is 3.20. The Bertz CT molecular complexity index is 533. The van der Waals surface area contributed by atoms with E-state index in [1.807, 2.05) is 0 Å². The summed E-state index contributed by atoms with van der Waals surface area (Å²) in [5, 5.41) is 10.5. The van der Waals surface area contributed by atoms with Crippen LogP contribution in [0.25, 0.3) is 0 Å². The van der Waals surface area contributed by atoms with Crippen molar-refractivity contribution in [1.29, 1.82) is 0 Å². The van der Waals surface area contributed by atoms with Crippen molar-refractivity contribution >= 4 is 28.9 Å². The van der Waals surface area contributed by atoms with Crippen LogP contribution in [0.5, 0.6) is 0 Å². The largest absolute Gasteiger partial charge is 0.465 e. The number of carbonyl (C=O) groups excluding carboxylic acids is 2. The van der Waals surface area contributed by atoms with Gasteiger partial charge in [0.1, 0.15) is 10.6 Å². The van der Waals surface area contributed by atoms with Crippen LogP contribution in [-0.4, -0.2) is 29.2 Å². The number of aromatic nitrogens is 2. The highest BCUT2D eigenvalue weighted by molar-refractivity contribution is 7.12. The summed E-state index contributed by atoms with van der Waals surface area (Å²) in [4.78, 5) is 23.4. The Hall–Kier alpha value is -2.15. The van der Waals surface area contributed by atoms with Crippen LogP contribution in [0.15, 0.2) is 23.7 Å². The molecule has 2 heterocycles. The number of methoxy groups -OCH3 is 1. The zero-order chi connectivity index (χ0) is 12.3. The predicted molar refractivity (Wildman–Crippen MR) is 62.2 cm³/mol. The molecule has 88 valence electrons. The Labute approximate surface area is 101 Å². The highest BCUT2D eigenvalue weighted by Gasteiger charge is 2.16. The van der Waals surface area contributed by atoms with E-state index in [-0.39, 0.29) is 5.91 Å². The molecule has 0 bridgehead atoms. The Morgan fingerprint density at radius 3 is 2.94 bits per heavy atom. The van der Waals surface area contributed by atoms with Gasteiger partial charge in [0.2, 0.25) is 0 Å². The van der Waals surface area contributed by atoms with Gasteiger partial charge in [-0.05, 0) is 17.5 Å². The standard InChI is InChI=1S/C10H9N3O3S/c1-16-10(15)8-6(3-5-17-8)12-9(14)7-2-4-11-13-7/h2-5H,1H3,(H,11,13)(H,12,14). The zero-order valence-corrected chi connectivity index (χ0v) is 9.71. The summed E-state index contributed by atoms with van der Waals surface area (Å²) in [6.07, 6.45) is 1.48. The molecule has 2 N–H and O–H groups in total. The second kappa shape index (κ2) is 4.79. The van der Waals surface area contributed by atoms with E-state index in [0.717, 1.165) is 0 Å². The maximum absolute atomic E-state index is 11.7. The van der Waals surface area contributed by atoms with Crippen molar-refractivity contribution in [3.63, 3.8) is 0 Å². The van der Waals surface area contributed by atoms with Gasteiger partial charge in [-0.15, -0.1) is 11.3 Å². The molecule has 0 saturated carbocycles. The fraction of sp³-hybridized carbons (Fsp3) is 0.100. The van der Waals surface area contributed by atoms with Gasteiger partial charge in [-0.25, -0.2) is 4.79 Å². The molecule has 0 saturated heterocycles. The van der Waals surface area contributed by atoms with Gasteiger partial charge in [0.25, 0.3) is 5.91 Å². The summed E-state index contributed by atoms with van der Waals surface area (Å²) in [5.74, 6) is -0.828. The number of nitrogens with zero attached hydrogens (tertiary/aromatic N) is 1. The molecule has 0 aromatic carbocycles. The minimum atomic E-state index is -0.472. The van der Waals surface area contributed by atoms with Crippen molar-refractivity contribution in [2.24, 2.45) is 0 Å². The number of esters is 1. The summed E-state index contributed by atoms with van der Waals surface area (Å²) in [6, 6.07) is 3.19. The lowest BCUT2D eigenvalue weighted by Crippen LogP contribution is -2.14. The van der Waals surface area contributed by atoms with E-state index < -0.39 is 5.97 Å². The first-order valence-corrected chi connectivity index (χ1v) is 5.57. The number of amides is 1. The molecule has 17 heavy (non-hydrogen) atoms. The second-order valence-corrected chi connectivity index (χ2v) is 4.00. The molecule has 0 aliphatic carbocycles. The van der Waals surface area contributed by atoms with Crippen molar-refractivity contribution in [2.45, 2.75) is 0 Å². The van der Waals surface area contributed by atoms with Gasteiger partial charge in [-0.2, -0.15) is 5.10 Å². The SMILES string of the molecule is COC(=O)c1sccc1NC(=O)c1ccn[nH]1. The summed E-state index contributed by atoms with van der Waals surface area (Å²) in [6.45, 7) is 0. The van der Waals surface area contributed by atoms with Crippen molar-refractivity contribution < 1.29 is 14.3 Å². The number of ether oxygens (including phenoxy) is 1. The Morgan fingerprint density at radius 2 is 2.29 bits per heavy atom. The molecular weight excluding hydrogens is 242 g/mol. The Balaban J connectivity index is 2.17. The van der Waals surface area contributed by atoms with E-state index in [1.54, 1.807) is 17.5 Å². The van der Waals surface area contributed by atoms with Crippen LogP contribution in [0, 0.1) is 0 Å². The number of H-pyrrole nitrogens is 1. The second-order valence-electron chi connectivity index (χ2n) is 3.08. The third-order valence-corrected chi connectivity index (χ3v) is 2.92. The van der Waals surface area contributed by atoms with E-state index in [2.05, 4.69) is 20.3 Å². The number of thiophene rings is 1. The van der Waals surface area contributed by atoms with Gasteiger partial charge >= 0.3 is 5.97 Å². The first kappa shape index (κ1) is 11.3. The van der Waals surface area contributed by atoms with Gasteiger partial charge in [0.15, 0.2) is 0 Å². The lowest BCUT2D eigenvalue weighted by Gasteiger charge is -2.03. The van der Waals surface area contributed by atoms with Crippen molar-refractivity contribution in [3.05, 3.63) is 34.3 Å². The topological polar surface area (TPSA) is 84.1 Å². The normalized spacial score (nSPS) is 9.94. The number of carbonyl (C=O) groups is 2. The summed E-state index contributed by atoms with van der Waals surface area (Å²) in [7, 11) is 1.29. The third-order valence-electron chi connectivity index (χ3n) is 2.03. The number of rotatable bonds is 3. The molecule has 2 aromatic rings. The smallest absolute Gasteiger partial charge is 0.350 e. The van der Waals surface area contributed by atoms with Gasteiger partial charge < -0.3 is 10.1 Å². The number of hydrogen-bond donors (Lipinski definition) is 2. The van der Waals surface area contributed by atoms with Gasteiger partial charge in [0, 0.05) is 6.20 Å². The average Bonchev–Trinajstić information content (AvgIpc) is 2.98. The molecule has 2 aromatic heterocycles. The quantitative estimate of drug-likeness (QED) is 0.810. The molecule has 0 aliphatic heterocycles. The zero-order valence-electron chi connectivity index (χ0n) is 8.89. The third kappa shape index (κ3) is 2.34. The van der Waals surface area contributed by atoms with E-state index in [1.165, 1.54) is 24.6 Å². The molecule has 7 heteroatoms. The molecule has 6 nitrogen and oxygen atoms in total. The van der Waals surface area contributed by atoms with Crippen molar-refractivity contribution in [3.8, 4) is 0 Å². The molecule has 0 unspecified atom stereocenters. The molecular formula is C10H9N3O3S. The van der Waals surface area contributed by atoms with Crippen LogP contribution >= 0.6 is 11.3 Å². The first-order chi connectivity index (χ1) is 8.22. The number of anilines is 1. The van der Waals surface area contributed by atoms with Crippen LogP contribution in [0.1, 0.15) is 20.2 Å². The lowest BCUT2D eigenvalue weighted by molar-refractivity contribution is 0.0607. The summed E-state index contributed by atoms with van der Waals surface area (Å²) >= 11 is 1.21. The van der Waals surface area contributed by atoms with Crippen LogP contribution in [0.2, 0.25) is 0 Å². The molecule has 0 aliphatic rings. The van der Waals surface area contributed by atoms with Crippen molar-refractivity contribution in [2.75, 3.05) is 12.4 Å². The van der Waals surface area contributed by atoms with Crippen LogP contribution in [-0.2, 0) is 4.74 Å². The number of nitrogens with one attached hydrogen (secondary N) is 2. The van der Waals surface area contributed by atoms with E-state index >= 15 is 0 Å². The maximum atomic E-state index is 11.7. The fourth-order valence-electron chi connectivity index (χ4n) is 1.23. The minimum Gasteiger partial charge on any atom is -0.465 e. The number of hydrogen-bond acceptors (Lipinski definition) is 5. The predicted octanol–water partition coefficient (Wildman–Crippen LogP) is 1.51. The molecule has 0 fully saturated rings. The van der Waals surface area contributed by atoms with Gasteiger partial charge in [0.05, 0.1) is 12.8 Å². The molecule has 0 radical (unpaired) electrons. The van der Waals surface area contributed by atoms with Gasteiger partial charge in [-0.3, -0.25) is 9.89 Å². The average molecular weight is 251 g/mol. The van der Waals surface area contributed by atoms with Crippen LogP contribution < -0.4 is 5.32 Å². The van der Waals surface area contributed by atoms with E-state index in [0.29, 0.717) is 16.3 Å². The highest BCUT2D eigenvalue weighted by Crippen LogP contribution is 2.23. The summed E-state index contributed by atoms with van der Waals surface area (Å²) < 4.78 is 4.61. The molecule has 1 amide bonds. The minimum absolute atomic E-state index is 0.326.